The quantitative estimate of drug-likeness (QED) is 0.424. The Balaban J connectivity index is 2.35. The van der Waals surface area contributed by atoms with Gasteiger partial charge >= 0.3 is 0 Å². The lowest BCUT2D eigenvalue weighted by Gasteiger charge is -2.03. The normalized spacial score (nSPS) is 28.4. The van der Waals surface area contributed by atoms with Crippen LogP contribution in [0.2, 0.25) is 0 Å². The molecule has 0 saturated carbocycles. The predicted molar refractivity (Wildman–Crippen MR) is 42.6 cm³/mol. The van der Waals surface area contributed by atoms with Gasteiger partial charge in [-0.25, -0.2) is 0 Å². The summed E-state index contributed by atoms with van der Waals surface area (Å²) < 4.78 is 0.808. The van der Waals surface area contributed by atoms with Crippen LogP contribution in [0.1, 0.15) is 12.8 Å². The largest absolute Gasteiger partial charge is 0.309 e. The van der Waals surface area contributed by atoms with Crippen LogP contribution < -0.4 is 5.32 Å². The smallest absolute Gasteiger partial charge is 0.0618 e. The summed E-state index contributed by atoms with van der Waals surface area (Å²) in [6.07, 6.45) is 2.41. The van der Waals surface area contributed by atoms with Crippen molar-refractivity contribution in [3.8, 4) is 0 Å². The van der Waals surface area contributed by atoms with Crippen LogP contribution in [0.3, 0.4) is 0 Å². The van der Waals surface area contributed by atoms with Crippen LogP contribution in [-0.2, 0) is 0 Å². The van der Waals surface area contributed by atoms with Gasteiger partial charge in [0.1, 0.15) is 0 Å². The van der Waals surface area contributed by atoms with Gasteiger partial charge < -0.3 is 5.32 Å². The number of rotatable bonds is 1. The molecule has 1 aliphatic heterocycles. The van der Waals surface area contributed by atoms with E-state index in [1.165, 1.54) is 12.8 Å². The molecule has 1 aliphatic rings. The number of thiol groups is 1. The van der Waals surface area contributed by atoms with Crippen LogP contribution in [0.15, 0.2) is 0 Å². The predicted octanol–water partition coefficient (Wildman–Crippen LogP) is 0.996. The number of hydrogen-bond acceptors (Lipinski definition) is 2. The summed E-state index contributed by atoms with van der Waals surface area (Å²) in [5.41, 5.74) is 0. The third-order valence-corrected chi connectivity index (χ3v) is 1.95. The van der Waals surface area contributed by atoms with Crippen LogP contribution in [0, 0.1) is 0 Å². The summed E-state index contributed by atoms with van der Waals surface area (Å²) in [6.45, 7) is 1.10. The Morgan fingerprint density at radius 3 is 2.75 bits per heavy atom. The molecule has 0 aromatic rings. The Morgan fingerprint density at radius 2 is 2.50 bits per heavy atom. The van der Waals surface area contributed by atoms with E-state index in [0.717, 1.165) is 10.7 Å². The van der Waals surface area contributed by atoms with E-state index < -0.39 is 0 Å². The highest BCUT2D eigenvalue weighted by atomic mass is 32.1. The van der Waals surface area contributed by atoms with Gasteiger partial charge in [0, 0.05) is 6.04 Å². The monoisotopic (exact) mass is 147 g/mol. The average molecular weight is 147 g/mol. The van der Waals surface area contributed by atoms with Gasteiger partial charge in [0.25, 0.3) is 0 Å². The molecule has 1 heterocycles. The summed E-state index contributed by atoms with van der Waals surface area (Å²) in [7, 11) is 0. The molecule has 0 radical (unpaired) electrons. The fourth-order valence-electron chi connectivity index (χ4n) is 0.895. The molecule has 0 unspecified atom stereocenters. The van der Waals surface area contributed by atoms with Crippen molar-refractivity contribution in [2.24, 2.45) is 0 Å². The molecule has 1 fully saturated rings. The lowest BCUT2D eigenvalue weighted by atomic mass is 10.3. The number of hydrogen-bond donors (Lipinski definition) is 2. The maximum Gasteiger partial charge on any atom is 0.0618 e. The van der Waals surface area contributed by atoms with Gasteiger partial charge in [-0.2, -0.15) is 0 Å². The third-order valence-electron chi connectivity index (χ3n) is 1.36. The molecule has 1 saturated heterocycles. The number of nitrogens with one attached hydrogen (secondary N) is 1. The van der Waals surface area contributed by atoms with Crippen LogP contribution in [0.25, 0.3) is 0 Å². The summed E-state index contributed by atoms with van der Waals surface area (Å²) >= 11 is 8.92. The van der Waals surface area contributed by atoms with Crippen molar-refractivity contribution >= 4 is 29.0 Å². The maximum absolute atomic E-state index is 4.86. The van der Waals surface area contributed by atoms with E-state index in [0.29, 0.717) is 6.04 Å². The van der Waals surface area contributed by atoms with Crippen LogP contribution >= 0.6 is 24.8 Å². The SMILES string of the molecule is S=C(S)[C@H]1CCCN1. The average Bonchev–Trinajstić information content (AvgIpc) is 2.12. The van der Waals surface area contributed by atoms with Gasteiger partial charge in [-0.3, -0.25) is 0 Å². The molecule has 8 heavy (non-hydrogen) atoms. The summed E-state index contributed by atoms with van der Waals surface area (Å²) in [5.74, 6) is 0. The Labute approximate surface area is 60.3 Å². The molecule has 0 aliphatic carbocycles. The standard InChI is InChI=1S/C5H9NS2/c7-5(8)4-2-1-3-6-4/h4,6H,1-3H2,(H,7,8)/t4-/m1/s1. The first kappa shape index (κ1) is 6.52. The minimum Gasteiger partial charge on any atom is -0.309 e. The lowest BCUT2D eigenvalue weighted by Crippen LogP contribution is -2.25. The summed E-state index contributed by atoms with van der Waals surface area (Å²) in [5, 5.41) is 3.24. The minimum absolute atomic E-state index is 0.410. The molecular weight excluding hydrogens is 138 g/mol. The zero-order valence-corrected chi connectivity index (χ0v) is 6.27. The zero-order chi connectivity index (χ0) is 5.98. The van der Waals surface area contributed by atoms with Crippen molar-refractivity contribution in [3.05, 3.63) is 0 Å². The highest BCUT2D eigenvalue weighted by Crippen LogP contribution is 2.08. The number of thiocarbonyl (C=S) groups is 1. The van der Waals surface area contributed by atoms with Crippen molar-refractivity contribution in [3.63, 3.8) is 0 Å². The molecule has 3 heteroatoms. The third kappa shape index (κ3) is 1.44. The first-order valence-corrected chi connectivity index (χ1v) is 3.62. The fourth-order valence-corrected chi connectivity index (χ4v) is 1.32. The highest BCUT2D eigenvalue weighted by Gasteiger charge is 2.15. The summed E-state index contributed by atoms with van der Waals surface area (Å²) in [4.78, 5) is 0. The van der Waals surface area contributed by atoms with E-state index in [-0.39, 0.29) is 0 Å². The molecule has 0 spiro atoms. The minimum atomic E-state index is 0.410. The van der Waals surface area contributed by atoms with Crippen molar-refractivity contribution < 1.29 is 0 Å². The zero-order valence-electron chi connectivity index (χ0n) is 4.55. The Hall–Kier alpha value is 0.400. The molecular formula is C5H9NS2. The fraction of sp³-hybridized carbons (Fsp3) is 0.800. The van der Waals surface area contributed by atoms with Crippen molar-refractivity contribution in [2.75, 3.05) is 6.54 Å². The lowest BCUT2D eigenvalue weighted by molar-refractivity contribution is 0.778. The first-order chi connectivity index (χ1) is 3.80. The molecule has 0 aromatic heterocycles. The summed E-state index contributed by atoms with van der Waals surface area (Å²) in [6, 6.07) is 0.410. The van der Waals surface area contributed by atoms with E-state index in [1.807, 2.05) is 0 Å². The van der Waals surface area contributed by atoms with E-state index >= 15 is 0 Å². The highest BCUT2D eigenvalue weighted by molar-refractivity contribution is 8.11. The Bertz CT molecular complexity index is 96.6. The van der Waals surface area contributed by atoms with Gasteiger partial charge in [0.2, 0.25) is 0 Å². The van der Waals surface area contributed by atoms with E-state index in [2.05, 4.69) is 17.9 Å². The first-order valence-electron chi connectivity index (χ1n) is 2.77. The molecule has 1 atom stereocenters. The Kier molecular flexibility index (Phi) is 2.28. The Morgan fingerprint density at radius 1 is 1.75 bits per heavy atom. The van der Waals surface area contributed by atoms with E-state index in [9.17, 15) is 0 Å². The van der Waals surface area contributed by atoms with Crippen LogP contribution in [0.4, 0.5) is 0 Å². The van der Waals surface area contributed by atoms with Crippen LogP contribution in [-0.4, -0.2) is 16.8 Å². The molecule has 0 amide bonds. The molecule has 46 valence electrons. The van der Waals surface area contributed by atoms with Gasteiger partial charge in [-0.05, 0) is 19.4 Å². The second-order valence-corrected chi connectivity index (χ2v) is 3.21. The molecule has 1 rings (SSSR count). The second kappa shape index (κ2) is 2.80. The van der Waals surface area contributed by atoms with Gasteiger partial charge in [0.05, 0.1) is 4.20 Å². The van der Waals surface area contributed by atoms with E-state index in [1.54, 1.807) is 0 Å². The molecule has 0 bridgehead atoms. The topological polar surface area (TPSA) is 12.0 Å². The second-order valence-electron chi connectivity index (χ2n) is 1.99. The van der Waals surface area contributed by atoms with Crippen molar-refractivity contribution in [2.45, 2.75) is 18.9 Å². The molecule has 1 nitrogen and oxygen atoms in total. The van der Waals surface area contributed by atoms with Crippen molar-refractivity contribution in [1.29, 1.82) is 0 Å². The molecule has 1 N–H and O–H groups in total. The van der Waals surface area contributed by atoms with Gasteiger partial charge in [0.15, 0.2) is 0 Å². The van der Waals surface area contributed by atoms with Gasteiger partial charge in [-0.15, -0.1) is 12.6 Å². The maximum atomic E-state index is 4.86. The van der Waals surface area contributed by atoms with E-state index in [4.69, 9.17) is 12.2 Å². The van der Waals surface area contributed by atoms with Gasteiger partial charge in [-0.1, -0.05) is 12.2 Å². The van der Waals surface area contributed by atoms with Crippen LogP contribution in [0.5, 0.6) is 0 Å². The van der Waals surface area contributed by atoms with Crippen molar-refractivity contribution in [1.82, 2.24) is 5.32 Å². The molecule has 0 aromatic carbocycles.